The number of fused-ring (bicyclic) bond motifs is 1. The molecule has 12 rings (SSSR count). The molecule has 0 bridgehead atoms. The van der Waals surface area contributed by atoms with Gasteiger partial charge in [-0.05, 0) is 91.3 Å². The number of ether oxygens (including phenoxy) is 8. The van der Waals surface area contributed by atoms with Crippen molar-refractivity contribution in [1.82, 2.24) is 10.2 Å². The van der Waals surface area contributed by atoms with Crippen LogP contribution in [0.3, 0.4) is 0 Å². The van der Waals surface area contributed by atoms with E-state index >= 15 is 24.0 Å². The van der Waals surface area contributed by atoms with Crippen LogP contribution in [0, 0.1) is 0 Å². The molecule has 0 radical (unpaired) electrons. The van der Waals surface area contributed by atoms with Gasteiger partial charge in [0, 0.05) is 6.54 Å². The molecule has 542 valence electrons. The Morgan fingerprint density at radius 1 is 0.448 bits per heavy atom. The van der Waals surface area contributed by atoms with Crippen molar-refractivity contribution < 1.29 is 80.6 Å². The molecule has 105 heavy (non-hydrogen) atoms. The Morgan fingerprint density at radius 3 is 1.21 bits per heavy atom. The molecule has 3 aliphatic rings. The fourth-order valence-electron chi connectivity index (χ4n) is 14.2. The lowest BCUT2D eigenvalue weighted by Gasteiger charge is -2.51. The second kappa shape index (κ2) is 33.4. The fraction of sp³-hybridized carbons (Fsp3) is 0.286. The standard InChI is InChI=1S/C84H86N2O17Si2/c1-83(2,3)104(61-42-23-11-24-43-61,62-44-25-12-26-45-62)96-55-67-71(70(87)69(86-75(88)65-50-31-32-51-66(65)76(86)89)80(98-67)94-53-33-52-85-82(93)95-54-57-34-15-7-16-35-57)103-81-74(102-79(92)60-40-21-10-22-41-60)73(101-78(91)59-38-19-9-20-39-59)72(100-77(90)58-36-17-8-18-37-58)68(99-81)56-97-105(84(4,5)6,63-46-27-13-28-47-63)64-48-29-14-30-49-64/h7-32,34-51,67-74,80-81,87H,33,52-56H2,1-6H3,(H,85,93)/t67-,68-,69-,70-,71-,72+,73+,74-,80-,81+/m1/s1. The minimum Gasteiger partial charge on any atom is -0.452 e. The van der Waals surface area contributed by atoms with Crippen LogP contribution in [0.15, 0.2) is 267 Å². The molecule has 3 amide bonds. The quantitative estimate of drug-likeness (QED) is 0.0169. The summed E-state index contributed by atoms with van der Waals surface area (Å²) in [6.07, 6.45) is -16.4. The van der Waals surface area contributed by atoms with Crippen molar-refractivity contribution >= 4 is 73.2 Å². The molecule has 21 heteroatoms. The van der Waals surface area contributed by atoms with Crippen molar-refractivity contribution in [2.75, 3.05) is 26.4 Å². The zero-order valence-electron chi connectivity index (χ0n) is 59.3. The van der Waals surface area contributed by atoms with Gasteiger partial charge in [-0.3, -0.25) is 14.5 Å². The number of alkyl carbamates (subject to hydrolysis) is 1. The number of carbonyl (C=O) groups excluding carboxylic acids is 6. The zero-order valence-corrected chi connectivity index (χ0v) is 61.3. The van der Waals surface area contributed by atoms with Crippen LogP contribution in [0.25, 0.3) is 0 Å². The molecule has 3 aliphatic heterocycles. The number of hydrogen-bond acceptors (Lipinski definition) is 17. The summed E-state index contributed by atoms with van der Waals surface area (Å²) in [5.41, 5.74) is 1.14. The Balaban J connectivity index is 1.01. The maximum atomic E-state index is 15.2. The van der Waals surface area contributed by atoms with Gasteiger partial charge in [0.1, 0.15) is 37.1 Å². The van der Waals surface area contributed by atoms with Crippen molar-refractivity contribution in [2.45, 2.75) is 126 Å². The molecule has 0 aliphatic carbocycles. The predicted molar refractivity (Wildman–Crippen MR) is 398 cm³/mol. The Morgan fingerprint density at radius 2 is 0.800 bits per heavy atom. The van der Waals surface area contributed by atoms with E-state index in [1.807, 2.05) is 152 Å². The van der Waals surface area contributed by atoms with Crippen molar-refractivity contribution in [3.8, 4) is 0 Å². The van der Waals surface area contributed by atoms with Crippen LogP contribution >= 0.6 is 0 Å². The van der Waals surface area contributed by atoms with Gasteiger partial charge in [0.25, 0.3) is 28.4 Å². The number of esters is 3. The van der Waals surface area contributed by atoms with Gasteiger partial charge in [-0.1, -0.05) is 260 Å². The molecule has 19 nitrogen and oxygen atoms in total. The van der Waals surface area contributed by atoms with Crippen molar-refractivity contribution in [1.29, 1.82) is 0 Å². The van der Waals surface area contributed by atoms with E-state index in [0.717, 1.165) is 31.2 Å². The molecule has 9 aromatic rings. The molecule has 3 heterocycles. The van der Waals surface area contributed by atoms with E-state index in [0.29, 0.717) is 0 Å². The van der Waals surface area contributed by atoms with Crippen LogP contribution < -0.4 is 26.1 Å². The summed E-state index contributed by atoms with van der Waals surface area (Å²) in [5.74, 6) is -4.28. The van der Waals surface area contributed by atoms with E-state index < -0.39 is 130 Å². The molecule has 10 atom stereocenters. The number of imide groups is 1. The summed E-state index contributed by atoms with van der Waals surface area (Å²) in [6.45, 7) is 11.7. The average molecular weight is 1450 g/mol. The van der Waals surface area contributed by atoms with Crippen LogP contribution in [0.4, 0.5) is 4.79 Å². The average Bonchev–Trinajstić information content (AvgIpc) is 1.67. The summed E-state index contributed by atoms with van der Waals surface area (Å²) in [6, 6.07) is 77.3. The molecule has 0 saturated carbocycles. The number of nitrogens with one attached hydrogen (secondary N) is 1. The Bertz CT molecular complexity index is 4270. The molecule has 2 fully saturated rings. The molecule has 0 aromatic heterocycles. The van der Waals surface area contributed by atoms with Gasteiger partial charge in [-0.15, -0.1) is 0 Å². The van der Waals surface area contributed by atoms with Gasteiger partial charge >= 0.3 is 24.0 Å². The first kappa shape index (κ1) is 74.7. The van der Waals surface area contributed by atoms with Gasteiger partial charge in [-0.25, -0.2) is 19.2 Å². The van der Waals surface area contributed by atoms with E-state index in [9.17, 15) is 9.90 Å². The van der Waals surface area contributed by atoms with Crippen LogP contribution in [0.1, 0.15) is 105 Å². The number of aliphatic hydroxyl groups excluding tert-OH is 1. The van der Waals surface area contributed by atoms with Crippen LogP contribution in [0.5, 0.6) is 0 Å². The number of hydrogen-bond donors (Lipinski definition) is 2. The first-order valence-corrected chi connectivity index (χ1v) is 39.0. The second-order valence-electron chi connectivity index (χ2n) is 28.1. The lowest BCUT2D eigenvalue weighted by molar-refractivity contribution is -0.348. The first-order valence-electron chi connectivity index (χ1n) is 35.2. The number of nitrogens with zero attached hydrogens (tertiary/aromatic N) is 1. The highest BCUT2D eigenvalue weighted by Gasteiger charge is 2.61. The normalized spacial score (nSPS) is 21.2. The van der Waals surface area contributed by atoms with Gasteiger partial charge in [0.05, 0.1) is 47.6 Å². The second-order valence-corrected chi connectivity index (χ2v) is 36.7. The zero-order chi connectivity index (χ0) is 73.7. The smallest absolute Gasteiger partial charge is 0.407 e. The lowest BCUT2D eigenvalue weighted by atomic mass is 9.94. The van der Waals surface area contributed by atoms with E-state index in [-0.39, 0.29) is 60.6 Å². The highest BCUT2D eigenvalue weighted by atomic mass is 28.4. The minimum atomic E-state index is -3.60. The minimum absolute atomic E-state index is 0.0276. The molecular formula is C84H86N2O17Si2. The van der Waals surface area contributed by atoms with Gasteiger partial charge in [-0.2, -0.15) is 0 Å². The van der Waals surface area contributed by atoms with Crippen LogP contribution in [-0.2, 0) is 53.4 Å². The summed E-state index contributed by atoms with van der Waals surface area (Å²) in [5, 5.41) is 19.0. The molecule has 2 N–H and O–H groups in total. The maximum Gasteiger partial charge on any atom is 0.407 e. The van der Waals surface area contributed by atoms with E-state index in [4.69, 9.17) is 46.7 Å². The van der Waals surface area contributed by atoms with Crippen molar-refractivity contribution in [3.05, 3.63) is 300 Å². The molecule has 2 saturated heterocycles. The Labute approximate surface area is 613 Å². The summed E-state index contributed by atoms with van der Waals surface area (Å²) in [4.78, 5) is 89.6. The highest BCUT2D eigenvalue weighted by molar-refractivity contribution is 7.00. The van der Waals surface area contributed by atoms with Crippen molar-refractivity contribution in [2.24, 2.45) is 0 Å². The number of carbonyl (C=O) groups is 6. The van der Waals surface area contributed by atoms with Gasteiger partial charge in [0.15, 0.2) is 30.9 Å². The number of rotatable bonds is 26. The molecule has 0 spiro atoms. The fourth-order valence-corrected chi connectivity index (χ4v) is 23.4. The third-order valence-corrected chi connectivity index (χ3v) is 29.3. The van der Waals surface area contributed by atoms with Crippen molar-refractivity contribution in [3.63, 3.8) is 0 Å². The van der Waals surface area contributed by atoms with Crippen LogP contribution in [-0.4, -0.2) is 150 Å². The molecule has 0 unspecified atom stereocenters. The predicted octanol–water partition coefficient (Wildman–Crippen LogP) is 11.0. The molecular weight excluding hydrogens is 1370 g/mol. The van der Waals surface area contributed by atoms with E-state index in [1.165, 1.54) is 36.4 Å². The highest BCUT2D eigenvalue weighted by Crippen LogP contribution is 2.43. The number of benzene rings is 9. The molecule has 9 aromatic carbocycles. The number of aliphatic hydroxyl groups is 1. The third-order valence-electron chi connectivity index (χ3n) is 19.3. The topological polar surface area (TPSA) is 230 Å². The lowest BCUT2D eigenvalue weighted by Crippen LogP contribution is -2.71. The monoisotopic (exact) mass is 1450 g/mol. The Kier molecular flexibility index (Phi) is 23.7. The number of amides is 3. The van der Waals surface area contributed by atoms with E-state index in [1.54, 1.807) is 78.9 Å². The Hall–Kier alpha value is -10.0. The summed E-state index contributed by atoms with van der Waals surface area (Å²) in [7, 11) is -7.18. The third kappa shape index (κ3) is 16.4. The largest absolute Gasteiger partial charge is 0.452 e. The van der Waals surface area contributed by atoms with Gasteiger partial charge in [0.2, 0.25) is 0 Å². The maximum absolute atomic E-state index is 15.2. The van der Waals surface area contributed by atoms with Crippen LogP contribution in [0.2, 0.25) is 10.1 Å². The SMILES string of the molecule is CC(C)(C)[Si](OC[C@H]1O[C@@H](O[C@H]2[C@H](O)[C@@H](N3C(=O)c4ccccc4C3=O)[C@H](OCCCNC(=O)OCc3ccccc3)O[C@@H]2CO[Si](c2ccccc2)(c2ccccc2)C(C)(C)C)[C@H](OC(=O)c2ccccc2)[C@@H](OC(=O)c2ccccc2)[C@H]1OC(=O)c1ccccc1)(c1ccccc1)c1ccccc1. The van der Waals surface area contributed by atoms with E-state index in [2.05, 4.69) is 46.9 Å². The summed E-state index contributed by atoms with van der Waals surface area (Å²) < 4.78 is 69.6. The van der Waals surface area contributed by atoms with Gasteiger partial charge < -0.3 is 57.2 Å². The first-order chi connectivity index (χ1) is 50.8. The summed E-state index contributed by atoms with van der Waals surface area (Å²) >= 11 is 0.